The molecule has 0 heterocycles. The summed E-state index contributed by atoms with van der Waals surface area (Å²) in [7, 11) is -3.71. The minimum Gasteiger partial charge on any atom is -0.492 e. The number of amides is 1. The number of aryl methyl sites for hydroxylation is 1. The Hall–Kier alpha value is -2.38. The van der Waals surface area contributed by atoms with Crippen molar-refractivity contribution in [3.63, 3.8) is 0 Å². The van der Waals surface area contributed by atoms with Gasteiger partial charge >= 0.3 is 0 Å². The number of sulfonamides is 1. The molecule has 0 aliphatic carbocycles. The molecule has 0 aromatic heterocycles. The van der Waals surface area contributed by atoms with Gasteiger partial charge in [0.2, 0.25) is 10.0 Å². The van der Waals surface area contributed by atoms with Gasteiger partial charge in [0.05, 0.1) is 11.4 Å². The second-order valence-corrected chi connectivity index (χ2v) is 8.93. The van der Waals surface area contributed by atoms with Crippen LogP contribution in [0.3, 0.4) is 0 Å². The smallest absolute Gasteiger partial charge is 0.251 e. The molecule has 6 nitrogen and oxygen atoms in total. The highest BCUT2D eigenvalue weighted by molar-refractivity contribution is 7.89. The van der Waals surface area contributed by atoms with E-state index < -0.39 is 15.6 Å². The summed E-state index contributed by atoms with van der Waals surface area (Å²) in [4.78, 5) is 12.5. The lowest BCUT2D eigenvalue weighted by molar-refractivity contribution is 0.0946. The van der Waals surface area contributed by atoms with E-state index in [-0.39, 0.29) is 10.8 Å². The third kappa shape index (κ3) is 6.37. The van der Waals surface area contributed by atoms with Crippen molar-refractivity contribution in [2.75, 3.05) is 13.2 Å². The molecule has 1 amide bonds. The van der Waals surface area contributed by atoms with Crippen LogP contribution >= 0.6 is 0 Å². The number of carbonyl (C=O) groups excluding carboxylic acids is 1. The quantitative estimate of drug-likeness (QED) is 0.712. The van der Waals surface area contributed by atoms with Gasteiger partial charge in [-0.05, 0) is 57.5 Å². The van der Waals surface area contributed by atoms with E-state index >= 15 is 0 Å². The fourth-order valence-corrected chi connectivity index (χ4v) is 3.86. The molecule has 2 aromatic carbocycles. The third-order valence-electron chi connectivity index (χ3n) is 3.60. The Labute approximate surface area is 161 Å². The van der Waals surface area contributed by atoms with Crippen LogP contribution in [-0.4, -0.2) is 33.0 Å². The first-order valence-electron chi connectivity index (χ1n) is 8.69. The number of ether oxygens (including phenoxy) is 1. The minimum atomic E-state index is -3.71. The molecule has 0 bridgehead atoms. The molecule has 0 aliphatic rings. The molecule has 2 aromatic rings. The molecule has 0 aliphatic heterocycles. The molecule has 0 unspecified atom stereocenters. The minimum absolute atomic E-state index is 0.0636. The SMILES string of the molecule is Cc1ccc(S(=O)(=O)NC(C)(C)C)cc1C(=O)NCCOc1ccccc1. The maximum Gasteiger partial charge on any atom is 0.251 e. The van der Waals surface area contributed by atoms with E-state index in [2.05, 4.69) is 10.0 Å². The maximum atomic E-state index is 12.5. The first kappa shape index (κ1) is 20.9. The third-order valence-corrected chi connectivity index (χ3v) is 5.36. The van der Waals surface area contributed by atoms with Gasteiger partial charge in [0.25, 0.3) is 5.91 Å². The predicted octanol–water partition coefficient (Wildman–Crippen LogP) is 2.88. The summed E-state index contributed by atoms with van der Waals surface area (Å²) in [6.45, 7) is 7.68. The summed E-state index contributed by atoms with van der Waals surface area (Å²) in [6.07, 6.45) is 0. The topological polar surface area (TPSA) is 84.5 Å². The second-order valence-electron chi connectivity index (χ2n) is 7.25. The van der Waals surface area contributed by atoms with Gasteiger partial charge in [0, 0.05) is 11.1 Å². The molecule has 0 saturated heterocycles. The van der Waals surface area contributed by atoms with Crippen molar-refractivity contribution in [1.29, 1.82) is 0 Å². The van der Waals surface area contributed by atoms with Crippen LogP contribution in [0, 0.1) is 6.92 Å². The Morgan fingerprint density at radius 1 is 1.07 bits per heavy atom. The van der Waals surface area contributed by atoms with Crippen LogP contribution in [0.15, 0.2) is 53.4 Å². The molecule has 0 saturated carbocycles. The van der Waals surface area contributed by atoms with E-state index in [4.69, 9.17) is 4.74 Å². The van der Waals surface area contributed by atoms with E-state index in [0.717, 1.165) is 5.75 Å². The van der Waals surface area contributed by atoms with Gasteiger partial charge in [-0.3, -0.25) is 4.79 Å². The summed E-state index contributed by atoms with van der Waals surface area (Å²) < 4.78 is 33.1. The average Bonchev–Trinajstić information content (AvgIpc) is 2.57. The Morgan fingerprint density at radius 3 is 2.37 bits per heavy atom. The Balaban J connectivity index is 2.03. The Bertz CT molecular complexity index is 888. The van der Waals surface area contributed by atoms with Gasteiger partial charge in [-0.25, -0.2) is 13.1 Å². The normalized spacial score (nSPS) is 11.9. The molecule has 7 heteroatoms. The molecule has 0 fully saturated rings. The van der Waals surface area contributed by atoms with Crippen molar-refractivity contribution in [3.05, 3.63) is 59.7 Å². The molecular weight excluding hydrogens is 364 g/mol. The highest BCUT2D eigenvalue weighted by Gasteiger charge is 2.23. The molecule has 0 spiro atoms. The molecular formula is C20H26N2O4S. The first-order valence-corrected chi connectivity index (χ1v) is 10.2. The monoisotopic (exact) mass is 390 g/mol. The second kappa shape index (κ2) is 8.54. The summed E-state index contributed by atoms with van der Waals surface area (Å²) >= 11 is 0. The van der Waals surface area contributed by atoms with Crippen molar-refractivity contribution >= 4 is 15.9 Å². The number of nitrogens with one attached hydrogen (secondary N) is 2. The maximum absolute atomic E-state index is 12.5. The molecule has 146 valence electrons. The van der Waals surface area contributed by atoms with Crippen LogP contribution in [0.5, 0.6) is 5.75 Å². The van der Waals surface area contributed by atoms with Crippen molar-refractivity contribution in [3.8, 4) is 5.75 Å². The zero-order valence-electron chi connectivity index (χ0n) is 16.1. The Kier molecular flexibility index (Phi) is 6.62. The van der Waals surface area contributed by atoms with Crippen molar-refractivity contribution in [2.45, 2.75) is 38.1 Å². The van der Waals surface area contributed by atoms with Crippen LogP contribution in [0.4, 0.5) is 0 Å². The molecule has 2 N–H and O–H groups in total. The summed E-state index contributed by atoms with van der Waals surface area (Å²) in [6, 6.07) is 13.8. The van der Waals surface area contributed by atoms with E-state index in [1.807, 2.05) is 30.3 Å². The lowest BCUT2D eigenvalue weighted by atomic mass is 10.1. The zero-order chi connectivity index (χ0) is 20.1. The van der Waals surface area contributed by atoms with E-state index in [1.54, 1.807) is 33.8 Å². The first-order chi connectivity index (χ1) is 12.6. The van der Waals surface area contributed by atoms with E-state index in [1.165, 1.54) is 12.1 Å². The number of rotatable bonds is 7. The van der Waals surface area contributed by atoms with Gasteiger partial charge in [-0.15, -0.1) is 0 Å². The lowest BCUT2D eigenvalue weighted by Gasteiger charge is -2.20. The summed E-state index contributed by atoms with van der Waals surface area (Å²) in [5.74, 6) is 0.390. The number of carbonyl (C=O) groups is 1. The highest BCUT2D eigenvalue weighted by atomic mass is 32.2. The fraction of sp³-hybridized carbons (Fsp3) is 0.350. The van der Waals surface area contributed by atoms with Crippen molar-refractivity contribution in [2.24, 2.45) is 0 Å². The van der Waals surface area contributed by atoms with Gasteiger partial charge < -0.3 is 10.1 Å². The summed E-state index contributed by atoms with van der Waals surface area (Å²) in [5.41, 5.74) is 0.415. The lowest BCUT2D eigenvalue weighted by Crippen LogP contribution is -2.40. The van der Waals surface area contributed by atoms with Gasteiger partial charge in [0.1, 0.15) is 12.4 Å². The molecule has 27 heavy (non-hydrogen) atoms. The van der Waals surface area contributed by atoms with Crippen molar-refractivity contribution in [1.82, 2.24) is 10.0 Å². The zero-order valence-corrected chi connectivity index (χ0v) is 16.9. The molecule has 0 atom stereocenters. The summed E-state index contributed by atoms with van der Waals surface area (Å²) in [5, 5.41) is 2.76. The molecule has 2 rings (SSSR count). The van der Waals surface area contributed by atoms with Gasteiger partial charge in [-0.2, -0.15) is 0 Å². The fourth-order valence-electron chi connectivity index (χ4n) is 2.42. The average molecular weight is 391 g/mol. The van der Waals surface area contributed by atoms with Gasteiger partial charge in [-0.1, -0.05) is 24.3 Å². The van der Waals surface area contributed by atoms with E-state index in [0.29, 0.717) is 24.3 Å². The highest BCUT2D eigenvalue weighted by Crippen LogP contribution is 2.17. The number of hydrogen-bond acceptors (Lipinski definition) is 4. The Morgan fingerprint density at radius 2 is 1.74 bits per heavy atom. The van der Waals surface area contributed by atoms with Crippen LogP contribution in [0.25, 0.3) is 0 Å². The van der Waals surface area contributed by atoms with Crippen LogP contribution < -0.4 is 14.8 Å². The standard InChI is InChI=1S/C20H26N2O4S/c1-15-10-11-17(27(24,25)22-20(2,3)4)14-18(15)19(23)21-12-13-26-16-8-6-5-7-9-16/h5-11,14,22H,12-13H2,1-4H3,(H,21,23). The van der Waals surface area contributed by atoms with Crippen LogP contribution in [0.1, 0.15) is 36.7 Å². The number of para-hydroxylation sites is 1. The van der Waals surface area contributed by atoms with Crippen molar-refractivity contribution < 1.29 is 17.9 Å². The van der Waals surface area contributed by atoms with Gasteiger partial charge in [0.15, 0.2) is 0 Å². The number of hydrogen-bond donors (Lipinski definition) is 2. The van der Waals surface area contributed by atoms with Crippen LogP contribution in [-0.2, 0) is 10.0 Å². The van der Waals surface area contributed by atoms with Crippen LogP contribution in [0.2, 0.25) is 0 Å². The number of benzene rings is 2. The predicted molar refractivity (Wildman–Crippen MR) is 106 cm³/mol. The molecule has 0 radical (unpaired) electrons. The van der Waals surface area contributed by atoms with E-state index in [9.17, 15) is 13.2 Å². The largest absolute Gasteiger partial charge is 0.492 e.